The van der Waals surface area contributed by atoms with Crippen LogP contribution in [0.25, 0.3) is 11.1 Å². The molecule has 24 heavy (non-hydrogen) atoms. The first-order valence-corrected chi connectivity index (χ1v) is 9.10. The molecule has 0 aliphatic carbocycles. The first-order chi connectivity index (χ1) is 11.1. The smallest absolute Gasteiger partial charge is 0.233 e. The minimum atomic E-state index is 0. The fourth-order valence-corrected chi connectivity index (χ4v) is 4.14. The largest absolute Gasteiger partial charge is 0.325 e. The van der Waals surface area contributed by atoms with Gasteiger partial charge < -0.3 is 4.90 Å². The fourth-order valence-electron chi connectivity index (χ4n) is 2.80. The van der Waals surface area contributed by atoms with Gasteiger partial charge in [0.15, 0.2) is 0 Å². The van der Waals surface area contributed by atoms with Crippen molar-refractivity contribution in [2.75, 3.05) is 12.3 Å². The van der Waals surface area contributed by atoms with Gasteiger partial charge in [-0.2, -0.15) is 0 Å². The van der Waals surface area contributed by atoms with E-state index >= 15 is 0 Å². The Balaban J connectivity index is 0.00000208. The lowest BCUT2D eigenvalue weighted by Gasteiger charge is -2.27. The van der Waals surface area contributed by atoms with E-state index in [4.69, 9.17) is 11.6 Å². The average Bonchev–Trinajstić information content (AvgIpc) is 2.88. The van der Waals surface area contributed by atoms with Crippen LogP contribution in [0.3, 0.4) is 0 Å². The molecule has 0 bridgehead atoms. The van der Waals surface area contributed by atoms with Gasteiger partial charge in [0.25, 0.3) is 0 Å². The normalized spacial score (nSPS) is 17.2. The molecule has 0 N–H and O–H groups in total. The number of thioether (sulfide) groups is 1. The second-order valence-electron chi connectivity index (χ2n) is 6.07. The summed E-state index contributed by atoms with van der Waals surface area (Å²) >= 11 is 7.67. The summed E-state index contributed by atoms with van der Waals surface area (Å²) in [4.78, 5) is 18.5. The Morgan fingerprint density at radius 1 is 1.29 bits per heavy atom. The molecule has 3 nitrogen and oxygen atoms in total. The summed E-state index contributed by atoms with van der Waals surface area (Å²) < 4.78 is 0. The Labute approximate surface area is 158 Å². The Morgan fingerprint density at radius 2 is 2.00 bits per heavy atom. The molecule has 6 heteroatoms. The van der Waals surface area contributed by atoms with Gasteiger partial charge >= 0.3 is 0 Å². The lowest BCUT2D eigenvalue weighted by Crippen LogP contribution is -2.31. The Kier molecular flexibility index (Phi) is 6.55. The van der Waals surface area contributed by atoms with Crippen molar-refractivity contribution in [3.8, 4) is 11.1 Å². The van der Waals surface area contributed by atoms with E-state index in [0.29, 0.717) is 11.7 Å². The highest BCUT2D eigenvalue weighted by molar-refractivity contribution is 8.00. The van der Waals surface area contributed by atoms with E-state index in [1.165, 1.54) is 0 Å². The van der Waals surface area contributed by atoms with Crippen LogP contribution in [0.1, 0.15) is 24.8 Å². The molecule has 2 heterocycles. The lowest BCUT2D eigenvalue weighted by atomic mass is 10.0. The first kappa shape index (κ1) is 19.1. The Morgan fingerprint density at radius 3 is 2.67 bits per heavy atom. The zero-order valence-corrected chi connectivity index (χ0v) is 16.0. The second-order valence-corrected chi connectivity index (χ2v) is 7.58. The van der Waals surface area contributed by atoms with E-state index in [1.54, 1.807) is 18.0 Å². The molecule has 1 atom stereocenters. The molecule has 1 unspecified atom stereocenters. The predicted molar refractivity (Wildman–Crippen MR) is 104 cm³/mol. The molecule has 3 rings (SSSR count). The minimum Gasteiger partial charge on any atom is -0.325 e. The van der Waals surface area contributed by atoms with Crippen LogP contribution in [0.15, 0.2) is 42.7 Å². The molecule has 0 saturated carbocycles. The van der Waals surface area contributed by atoms with E-state index in [-0.39, 0.29) is 23.7 Å². The van der Waals surface area contributed by atoms with Gasteiger partial charge in [0.05, 0.1) is 5.75 Å². The number of nitrogens with zero attached hydrogens (tertiary/aromatic N) is 2. The zero-order valence-electron chi connectivity index (χ0n) is 13.6. The molecular weight excluding hydrogens is 363 g/mol. The van der Waals surface area contributed by atoms with Gasteiger partial charge in [0, 0.05) is 29.5 Å². The number of aromatic nitrogens is 1. The number of pyridine rings is 1. The van der Waals surface area contributed by atoms with Crippen LogP contribution >= 0.6 is 35.8 Å². The summed E-state index contributed by atoms with van der Waals surface area (Å²) in [5, 5.41) is 0.750. The highest BCUT2D eigenvalue weighted by Gasteiger charge is 2.34. The predicted octanol–water partition coefficient (Wildman–Crippen LogP) is 5.05. The third kappa shape index (κ3) is 4.05. The van der Waals surface area contributed by atoms with E-state index in [1.807, 2.05) is 41.4 Å². The summed E-state index contributed by atoms with van der Waals surface area (Å²) in [5.74, 6) is 1.18. The van der Waals surface area contributed by atoms with Crippen molar-refractivity contribution in [3.63, 3.8) is 0 Å². The minimum absolute atomic E-state index is 0. The molecule has 128 valence electrons. The third-order valence-electron chi connectivity index (χ3n) is 3.80. The highest BCUT2D eigenvalue weighted by Crippen LogP contribution is 2.42. The fraction of sp³-hybridized carbons (Fsp3) is 0.333. The summed E-state index contributed by atoms with van der Waals surface area (Å²) in [5.41, 5.74) is 3.29. The van der Waals surface area contributed by atoms with Gasteiger partial charge in [-0.15, -0.1) is 24.2 Å². The van der Waals surface area contributed by atoms with E-state index in [0.717, 1.165) is 28.3 Å². The van der Waals surface area contributed by atoms with Gasteiger partial charge in [-0.25, -0.2) is 0 Å². The van der Waals surface area contributed by atoms with Crippen molar-refractivity contribution in [2.24, 2.45) is 5.92 Å². The molecule has 1 aromatic carbocycles. The molecule has 1 fully saturated rings. The number of carbonyl (C=O) groups is 1. The van der Waals surface area contributed by atoms with Crippen molar-refractivity contribution >= 4 is 41.7 Å². The summed E-state index contributed by atoms with van der Waals surface area (Å²) in [6.07, 6.45) is 3.68. The van der Waals surface area contributed by atoms with Crippen LogP contribution in [0.4, 0.5) is 0 Å². The topological polar surface area (TPSA) is 33.2 Å². The number of benzene rings is 1. The number of rotatable bonds is 4. The van der Waals surface area contributed by atoms with Gasteiger partial charge in [-0.05, 0) is 35.2 Å². The van der Waals surface area contributed by atoms with Crippen molar-refractivity contribution in [1.82, 2.24) is 9.88 Å². The standard InChI is InChI=1S/C18H19ClN2OS.ClH/c1-12(2)10-21-17(22)11-23-18(21)16-9-20-8-7-15(16)13-3-5-14(19)6-4-13;/h3-9,12,18H,10-11H2,1-2H3;1H. The Bertz CT molecular complexity index is 706. The third-order valence-corrected chi connectivity index (χ3v) is 5.29. The number of carbonyl (C=O) groups excluding carboxylic acids is 1. The average molecular weight is 383 g/mol. The van der Waals surface area contributed by atoms with E-state index < -0.39 is 0 Å². The van der Waals surface area contributed by atoms with Crippen LogP contribution < -0.4 is 0 Å². The quantitative estimate of drug-likeness (QED) is 0.741. The van der Waals surface area contributed by atoms with E-state index in [9.17, 15) is 4.79 Å². The van der Waals surface area contributed by atoms with Crippen molar-refractivity contribution in [2.45, 2.75) is 19.2 Å². The highest BCUT2D eigenvalue weighted by atomic mass is 35.5. The van der Waals surface area contributed by atoms with Crippen molar-refractivity contribution in [1.29, 1.82) is 0 Å². The molecular formula is C18H20Cl2N2OS. The van der Waals surface area contributed by atoms with Gasteiger partial charge in [0.2, 0.25) is 5.91 Å². The molecule has 1 aliphatic rings. The SMILES string of the molecule is CC(C)CN1C(=O)CSC1c1cnccc1-c1ccc(Cl)cc1.Cl. The van der Waals surface area contributed by atoms with Gasteiger partial charge in [0.1, 0.15) is 5.37 Å². The first-order valence-electron chi connectivity index (χ1n) is 7.67. The number of halogens is 2. The molecule has 1 saturated heterocycles. The van der Waals surface area contributed by atoms with Crippen LogP contribution in [0, 0.1) is 5.92 Å². The number of amides is 1. The van der Waals surface area contributed by atoms with Crippen LogP contribution in [0.2, 0.25) is 5.02 Å². The molecule has 1 aromatic heterocycles. The maximum Gasteiger partial charge on any atom is 0.233 e. The Hall–Kier alpha value is -1.23. The molecule has 1 aliphatic heterocycles. The van der Waals surface area contributed by atoms with Gasteiger partial charge in [-0.3, -0.25) is 9.78 Å². The monoisotopic (exact) mass is 382 g/mol. The van der Waals surface area contributed by atoms with E-state index in [2.05, 4.69) is 18.8 Å². The molecule has 1 amide bonds. The number of hydrogen-bond donors (Lipinski definition) is 0. The van der Waals surface area contributed by atoms with Crippen LogP contribution in [-0.2, 0) is 4.79 Å². The zero-order chi connectivity index (χ0) is 16.4. The summed E-state index contributed by atoms with van der Waals surface area (Å²) in [6.45, 7) is 5.04. The maximum atomic E-state index is 12.3. The summed E-state index contributed by atoms with van der Waals surface area (Å²) in [6, 6.07) is 9.81. The second kappa shape index (κ2) is 8.24. The van der Waals surface area contributed by atoms with Gasteiger partial charge in [-0.1, -0.05) is 37.6 Å². The molecule has 0 spiro atoms. The number of hydrogen-bond acceptors (Lipinski definition) is 3. The lowest BCUT2D eigenvalue weighted by molar-refractivity contribution is -0.128. The molecule has 2 aromatic rings. The van der Waals surface area contributed by atoms with Crippen molar-refractivity contribution < 1.29 is 4.79 Å². The van der Waals surface area contributed by atoms with Crippen LogP contribution in [-0.4, -0.2) is 28.1 Å². The molecule has 0 radical (unpaired) electrons. The van der Waals surface area contributed by atoms with Crippen molar-refractivity contribution in [3.05, 3.63) is 53.3 Å². The summed E-state index contributed by atoms with van der Waals surface area (Å²) in [7, 11) is 0. The van der Waals surface area contributed by atoms with Crippen LogP contribution in [0.5, 0.6) is 0 Å². The maximum absolute atomic E-state index is 12.3.